The SMILES string of the molecule is COC(=O)c1cc2c(CI)ccnc2o1. The average molecular weight is 317 g/mol. The van der Waals surface area contributed by atoms with E-state index in [9.17, 15) is 4.79 Å². The van der Waals surface area contributed by atoms with Gasteiger partial charge in [-0.2, -0.15) is 0 Å². The standard InChI is InChI=1S/C10H8INO3/c1-14-10(13)8-4-7-6(5-11)2-3-12-9(7)15-8/h2-4H,5H2,1H3. The van der Waals surface area contributed by atoms with Crippen molar-refractivity contribution in [3.63, 3.8) is 0 Å². The average Bonchev–Trinajstić information content (AvgIpc) is 2.71. The van der Waals surface area contributed by atoms with Crippen molar-refractivity contribution in [1.29, 1.82) is 0 Å². The van der Waals surface area contributed by atoms with E-state index < -0.39 is 5.97 Å². The second-order valence-electron chi connectivity index (χ2n) is 2.92. The van der Waals surface area contributed by atoms with Crippen LogP contribution >= 0.6 is 22.6 Å². The number of pyridine rings is 1. The summed E-state index contributed by atoms with van der Waals surface area (Å²) in [5.74, 6) is -0.287. The fraction of sp³-hybridized carbons (Fsp3) is 0.200. The zero-order valence-corrected chi connectivity index (χ0v) is 10.1. The van der Waals surface area contributed by atoms with E-state index in [2.05, 4.69) is 32.3 Å². The van der Waals surface area contributed by atoms with E-state index in [1.807, 2.05) is 6.07 Å². The van der Waals surface area contributed by atoms with Gasteiger partial charge in [-0.3, -0.25) is 0 Å². The molecule has 0 N–H and O–H groups in total. The molecule has 0 saturated heterocycles. The van der Waals surface area contributed by atoms with Crippen LogP contribution in [0.2, 0.25) is 0 Å². The highest BCUT2D eigenvalue weighted by atomic mass is 127. The summed E-state index contributed by atoms with van der Waals surface area (Å²) < 4.78 is 10.7. The monoisotopic (exact) mass is 317 g/mol. The summed E-state index contributed by atoms with van der Waals surface area (Å²) in [6, 6.07) is 3.58. The summed E-state index contributed by atoms with van der Waals surface area (Å²) in [6.07, 6.45) is 1.67. The van der Waals surface area contributed by atoms with Gasteiger partial charge in [0, 0.05) is 22.1 Å². The Balaban J connectivity index is 2.60. The predicted octanol–water partition coefficient (Wildman–Crippen LogP) is 2.55. The Kier molecular flexibility index (Phi) is 2.90. The highest BCUT2D eigenvalue weighted by Crippen LogP contribution is 2.23. The zero-order valence-electron chi connectivity index (χ0n) is 7.99. The normalized spacial score (nSPS) is 10.5. The first-order valence-electron chi connectivity index (χ1n) is 4.28. The predicted molar refractivity (Wildman–Crippen MR) is 63.1 cm³/mol. The van der Waals surface area contributed by atoms with E-state index >= 15 is 0 Å². The third-order valence-corrected chi connectivity index (χ3v) is 2.88. The quantitative estimate of drug-likeness (QED) is 0.485. The van der Waals surface area contributed by atoms with Crippen molar-refractivity contribution in [2.24, 2.45) is 0 Å². The molecule has 0 aliphatic carbocycles. The molecule has 0 radical (unpaired) electrons. The number of furan rings is 1. The lowest BCUT2D eigenvalue weighted by molar-refractivity contribution is 0.0567. The zero-order chi connectivity index (χ0) is 10.8. The number of carbonyl (C=O) groups excluding carboxylic acids is 1. The van der Waals surface area contributed by atoms with Crippen LogP contribution in [-0.2, 0) is 9.16 Å². The lowest BCUT2D eigenvalue weighted by Crippen LogP contribution is -1.97. The topological polar surface area (TPSA) is 52.3 Å². The third kappa shape index (κ3) is 1.83. The molecule has 4 nitrogen and oxygen atoms in total. The van der Waals surface area contributed by atoms with Crippen LogP contribution in [0.15, 0.2) is 22.7 Å². The van der Waals surface area contributed by atoms with Crippen molar-refractivity contribution < 1.29 is 13.9 Å². The van der Waals surface area contributed by atoms with Crippen LogP contribution in [0.5, 0.6) is 0 Å². The number of carbonyl (C=O) groups is 1. The van der Waals surface area contributed by atoms with Gasteiger partial charge in [-0.1, -0.05) is 22.6 Å². The molecule has 78 valence electrons. The molecule has 0 fully saturated rings. The molecule has 2 rings (SSSR count). The molecule has 2 aromatic heterocycles. The summed E-state index contributed by atoms with van der Waals surface area (Å²) in [4.78, 5) is 15.3. The van der Waals surface area contributed by atoms with Crippen LogP contribution in [0.3, 0.4) is 0 Å². The number of rotatable bonds is 2. The van der Waals surface area contributed by atoms with Crippen LogP contribution in [0, 0.1) is 0 Å². The number of hydrogen-bond acceptors (Lipinski definition) is 4. The first-order chi connectivity index (χ1) is 7.26. The first kappa shape index (κ1) is 10.4. The van der Waals surface area contributed by atoms with Gasteiger partial charge >= 0.3 is 5.97 Å². The van der Waals surface area contributed by atoms with Crippen molar-refractivity contribution >= 4 is 39.7 Å². The number of nitrogens with zero attached hydrogens (tertiary/aromatic N) is 1. The maximum Gasteiger partial charge on any atom is 0.374 e. The third-order valence-electron chi connectivity index (χ3n) is 2.06. The van der Waals surface area contributed by atoms with Crippen molar-refractivity contribution in [2.75, 3.05) is 7.11 Å². The molecular formula is C10H8INO3. The Labute approximate surface area is 99.8 Å². The molecule has 0 bridgehead atoms. The number of halogens is 1. The highest BCUT2D eigenvalue weighted by molar-refractivity contribution is 14.1. The lowest BCUT2D eigenvalue weighted by Gasteiger charge is -1.93. The van der Waals surface area contributed by atoms with E-state index in [-0.39, 0.29) is 5.76 Å². The first-order valence-corrected chi connectivity index (χ1v) is 5.80. The van der Waals surface area contributed by atoms with Gasteiger partial charge in [-0.25, -0.2) is 9.78 Å². The summed E-state index contributed by atoms with van der Waals surface area (Å²) in [6.45, 7) is 0. The van der Waals surface area contributed by atoms with Crippen molar-refractivity contribution in [3.8, 4) is 0 Å². The fourth-order valence-corrected chi connectivity index (χ4v) is 1.97. The maximum atomic E-state index is 11.2. The van der Waals surface area contributed by atoms with Gasteiger partial charge < -0.3 is 9.15 Å². The minimum absolute atomic E-state index is 0.192. The fourth-order valence-electron chi connectivity index (χ4n) is 1.31. The number of methoxy groups -OCH3 is 1. The van der Waals surface area contributed by atoms with E-state index in [0.717, 1.165) is 15.4 Å². The second kappa shape index (κ2) is 4.18. The van der Waals surface area contributed by atoms with Gasteiger partial charge in [-0.05, 0) is 11.6 Å². The Bertz CT molecular complexity index is 506. The molecule has 0 aliphatic rings. The Hall–Kier alpha value is -1.11. The summed E-state index contributed by atoms with van der Waals surface area (Å²) >= 11 is 2.25. The molecule has 15 heavy (non-hydrogen) atoms. The Morgan fingerprint density at radius 3 is 3.13 bits per heavy atom. The molecule has 0 spiro atoms. The summed E-state index contributed by atoms with van der Waals surface area (Å²) in [5.41, 5.74) is 1.57. The minimum atomic E-state index is -0.479. The Morgan fingerprint density at radius 2 is 2.47 bits per heavy atom. The van der Waals surface area contributed by atoms with Crippen molar-refractivity contribution in [3.05, 3.63) is 29.7 Å². The maximum absolute atomic E-state index is 11.2. The number of fused-ring (bicyclic) bond motifs is 1. The van der Waals surface area contributed by atoms with Crippen LogP contribution in [0.1, 0.15) is 16.1 Å². The molecule has 2 aromatic rings. The molecule has 0 aromatic carbocycles. The molecule has 0 saturated carbocycles. The van der Waals surface area contributed by atoms with E-state index in [4.69, 9.17) is 4.42 Å². The van der Waals surface area contributed by atoms with Crippen LogP contribution in [0.25, 0.3) is 11.1 Å². The van der Waals surface area contributed by atoms with Gasteiger partial charge in [-0.15, -0.1) is 0 Å². The summed E-state index contributed by atoms with van der Waals surface area (Å²) in [7, 11) is 1.32. The minimum Gasteiger partial charge on any atom is -0.463 e. The van der Waals surface area contributed by atoms with Gasteiger partial charge in [0.25, 0.3) is 0 Å². The van der Waals surface area contributed by atoms with E-state index in [0.29, 0.717) is 5.71 Å². The van der Waals surface area contributed by atoms with Gasteiger partial charge in [0.15, 0.2) is 0 Å². The van der Waals surface area contributed by atoms with Gasteiger partial charge in [0.1, 0.15) is 0 Å². The summed E-state index contributed by atoms with van der Waals surface area (Å²) in [5, 5.41) is 0.868. The van der Waals surface area contributed by atoms with Gasteiger partial charge in [0.05, 0.1) is 7.11 Å². The Morgan fingerprint density at radius 1 is 1.67 bits per heavy atom. The largest absolute Gasteiger partial charge is 0.463 e. The van der Waals surface area contributed by atoms with Crippen LogP contribution < -0.4 is 0 Å². The van der Waals surface area contributed by atoms with Crippen LogP contribution in [-0.4, -0.2) is 18.1 Å². The highest BCUT2D eigenvalue weighted by Gasteiger charge is 2.14. The second-order valence-corrected chi connectivity index (χ2v) is 3.69. The smallest absolute Gasteiger partial charge is 0.374 e. The van der Waals surface area contributed by atoms with E-state index in [1.54, 1.807) is 12.3 Å². The molecule has 0 aliphatic heterocycles. The number of hydrogen-bond donors (Lipinski definition) is 0. The molecule has 5 heteroatoms. The number of esters is 1. The van der Waals surface area contributed by atoms with Crippen molar-refractivity contribution in [2.45, 2.75) is 4.43 Å². The molecular weight excluding hydrogens is 309 g/mol. The number of aromatic nitrogens is 1. The van der Waals surface area contributed by atoms with Crippen LogP contribution in [0.4, 0.5) is 0 Å². The van der Waals surface area contributed by atoms with Gasteiger partial charge in [0.2, 0.25) is 11.5 Å². The van der Waals surface area contributed by atoms with Crippen molar-refractivity contribution in [1.82, 2.24) is 4.98 Å². The number of ether oxygens (including phenoxy) is 1. The molecule has 2 heterocycles. The molecule has 0 atom stereocenters. The molecule has 0 amide bonds. The molecule has 0 unspecified atom stereocenters. The van der Waals surface area contributed by atoms with E-state index in [1.165, 1.54) is 7.11 Å². The lowest BCUT2D eigenvalue weighted by atomic mass is 10.2. The number of alkyl halides is 1.